The van der Waals surface area contributed by atoms with E-state index in [-0.39, 0.29) is 5.91 Å². The van der Waals surface area contributed by atoms with E-state index >= 15 is 0 Å². The molecule has 1 aromatic rings. The highest BCUT2D eigenvalue weighted by Gasteiger charge is 2.10. The van der Waals surface area contributed by atoms with Gasteiger partial charge in [-0.1, -0.05) is 17.7 Å². The van der Waals surface area contributed by atoms with Crippen LogP contribution in [0.3, 0.4) is 0 Å². The van der Waals surface area contributed by atoms with Crippen LogP contribution in [0.1, 0.15) is 12.0 Å². The van der Waals surface area contributed by atoms with Gasteiger partial charge in [-0.05, 0) is 24.6 Å². The molecule has 1 aliphatic rings. The predicted octanol–water partition coefficient (Wildman–Crippen LogP) is 1.90. The third kappa shape index (κ3) is 5.83. The number of carbonyl (C=O) groups excluding carboxylic acids is 1. The van der Waals surface area contributed by atoms with E-state index in [9.17, 15) is 4.79 Å². The molecule has 0 spiro atoms. The summed E-state index contributed by atoms with van der Waals surface area (Å²) in [5, 5.41) is 6.90. The summed E-state index contributed by atoms with van der Waals surface area (Å²) in [6, 6.07) is 5.71. The van der Waals surface area contributed by atoms with Crippen LogP contribution in [-0.2, 0) is 9.53 Å². The summed E-state index contributed by atoms with van der Waals surface area (Å²) in [5.41, 5.74) is 2.10. The largest absolute Gasteiger partial charge is 0.384 e. The van der Waals surface area contributed by atoms with Crippen LogP contribution < -0.4 is 10.6 Å². The zero-order valence-corrected chi connectivity index (χ0v) is 13.8. The highest BCUT2D eigenvalue weighted by molar-refractivity contribution is 6.30. The maximum Gasteiger partial charge on any atom is 0.221 e. The number of rotatable bonds is 7. The summed E-state index contributed by atoms with van der Waals surface area (Å²) in [6.07, 6.45) is 0.453. The fourth-order valence-corrected chi connectivity index (χ4v) is 2.53. The molecule has 1 aliphatic heterocycles. The third-order valence-corrected chi connectivity index (χ3v) is 3.96. The zero-order valence-electron chi connectivity index (χ0n) is 13.0. The van der Waals surface area contributed by atoms with Crippen molar-refractivity contribution in [2.24, 2.45) is 0 Å². The Kier molecular flexibility index (Phi) is 6.96. The monoisotopic (exact) mass is 325 g/mol. The molecule has 1 heterocycles. The molecule has 122 valence electrons. The summed E-state index contributed by atoms with van der Waals surface area (Å²) < 4.78 is 5.29. The number of morpholine rings is 1. The van der Waals surface area contributed by atoms with Gasteiger partial charge in [0.15, 0.2) is 0 Å². The Labute approximate surface area is 137 Å². The summed E-state index contributed by atoms with van der Waals surface area (Å²) >= 11 is 5.97. The Morgan fingerprint density at radius 3 is 2.86 bits per heavy atom. The van der Waals surface area contributed by atoms with Crippen molar-refractivity contribution in [3.8, 4) is 0 Å². The number of nitrogens with one attached hydrogen (secondary N) is 2. The van der Waals surface area contributed by atoms with Gasteiger partial charge in [-0.2, -0.15) is 0 Å². The molecular weight excluding hydrogens is 302 g/mol. The van der Waals surface area contributed by atoms with Gasteiger partial charge in [-0.15, -0.1) is 0 Å². The average molecular weight is 326 g/mol. The first-order valence-corrected chi connectivity index (χ1v) is 8.10. The van der Waals surface area contributed by atoms with E-state index in [0.29, 0.717) is 24.5 Å². The van der Waals surface area contributed by atoms with Crippen LogP contribution in [0.5, 0.6) is 0 Å². The molecule has 5 nitrogen and oxygen atoms in total. The fourth-order valence-electron chi connectivity index (χ4n) is 2.36. The SMILES string of the molecule is Cc1ccc(Cl)cc1NCCC(=O)NCCN1CCOCC1. The van der Waals surface area contributed by atoms with Gasteiger partial charge in [0.05, 0.1) is 13.2 Å². The van der Waals surface area contributed by atoms with Crippen molar-refractivity contribution in [1.29, 1.82) is 0 Å². The molecule has 6 heteroatoms. The predicted molar refractivity (Wildman–Crippen MR) is 89.6 cm³/mol. The van der Waals surface area contributed by atoms with E-state index in [0.717, 1.165) is 44.1 Å². The number of ether oxygens (including phenoxy) is 1. The van der Waals surface area contributed by atoms with Crippen molar-refractivity contribution >= 4 is 23.2 Å². The van der Waals surface area contributed by atoms with E-state index in [1.54, 1.807) is 0 Å². The first-order valence-electron chi connectivity index (χ1n) is 7.72. The van der Waals surface area contributed by atoms with Crippen molar-refractivity contribution in [2.45, 2.75) is 13.3 Å². The smallest absolute Gasteiger partial charge is 0.221 e. The number of aryl methyl sites for hydroxylation is 1. The lowest BCUT2D eigenvalue weighted by Crippen LogP contribution is -2.41. The van der Waals surface area contributed by atoms with Crippen molar-refractivity contribution in [3.05, 3.63) is 28.8 Å². The van der Waals surface area contributed by atoms with Gasteiger partial charge < -0.3 is 15.4 Å². The number of hydrogen-bond acceptors (Lipinski definition) is 4. The molecule has 0 unspecified atom stereocenters. The number of carbonyl (C=O) groups is 1. The Hall–Kier alpha value is -1.30. The zero-order chi connectivity index (χ0) is 15.8. The molecule has 1 aromatic carbocycles. The Morgan fingerprint density at radius 1 is 1.32 bits per heavy atom. The molecule has 1 saturated heterocycles. The second kappa shape index (κ2) is 8.98. The standard InChI is InChI=1S/C16H24ClN3O2/c1-13-2-3-14(17)12-15(13)18-5-4-16(21)19-6-7-20-8-10-22-11-9-20/h2-3,12,18H,4-11H2,1H3,(H,19,21). The molecule has 0 atom stereocenters. The van der Waals surface area contributed by atoms with E-state index in [2.05, 4.69) is 15.5 Å². The van der Waals surface area contributed by atoms with Gasteiger partial charge in [0.25, 0.3) is 0 Å². The highest BCUT2D eigenvalue weighted by Crippen LogP contribution is 2.19. The summed E-state index contributed by atoms with van der Waals surface area (Å²) in [6.45, 7) is 7.67. The van der Waals surface area contributed by atoms with Crippen LogP contribution in [0.4, 0.5) is 5.69 Å². The molecule has 1 fully saturated rings. The molecule has 0 aromatic heterocycles. The average Bonchev–Trinajstić information content (AvgIpc) is 2.52. The normalized spacial score (nSPS) is 15.5. The molecule has 2 rings (SSSR count). The lowest BCUT2D eigenvalue weighted by atomic mass is 10.2. The van der Waals surface area contributed by atoms with Gasteiger partial charge in [0, 0.05) is 49.9 Å². The van der Waals surface area contributed by atoms with Gasteiger partial charge in [-0.25, -0.2) is 0 Å². The van der Waals surface area contributed by atoms with Gasteiger partial charge >= 0.3 is 0 Å². The van der Waals surface area contributed by atoms with Crippen LogP contribution >= 0.6 is 11.6 Å². The first-order chi connectivity index (χ1) is 10.6. The lowest BCUT2D eigenvalue weighted by Gasteiger charge is -2.26. The number of halogens is 1. The summed E-state index contributed by atoms with van der Waals surface area (Å²) in [7, 11) is 0. The Bertz CT molecular complexity index is 490. The molecule has 0 aliphatic carbocycles. The number of amides is 1. The minimum absolute atomic E-state index is 0.0699. The van der Waals surface area contributed by atoms with Crippen molar-refractivity contribution in [2.75, 3.05) is 51.3 Å². The fraction of sp³-hybridized carbons (Fsp3) is 0.562. The molecular formula is C16H24ClN3O2. The van der Waals surface area contributed by atoms with Crippen LogP contribution in [-0.4, -0.2) is 56.7 Å². The van der Waals surface area contributed by atoms with Gasteiger partial charge in [-0.3, -0.25) is 9.69 Å². The number of hydrogen-bond donors (Lipinski definition) is 2. The van der Waals surface area contributed by atoms with E-state index in [4.69, 9.17) is 16.3 Å². The molecule has 22 heavy (non-hydrogen) atoms. The highest BCUT2D eigenvalue weighted by atomic mass is 35.5. The first kappa shape index (κ1) is 17.1. The quantitative estimate of drug-likeness (QED) is 0.804. The third-order valence-electron chi connectivity index (χ3n) is 3.72. The van der Waals surface area contributed by atoms with E-state index in [1.807, 2.05) is 25.1 Å². The molecule has 2 N–H and O–H groups in total. The summed E-state index contributed by atoms with van der Waals surface area (Å²) in [4.78, 5) is 14.1. The number of nitrogens with zero attached hydrogens (tertiary/aromatic N) is 1. The molecule has 0 saturated carbocycles. The second-order valence-electron chi connectivity index (χ2n) is 5.44. The minimum atomic E-state index is 0.0699. The molecule has 1 amide bonds. The van der Waals surface area contributed by atoms with Crippen molar-refractivity contribution in [1.82, 2.24) is 10.2 Å². The molecule has 0 radical (unpaired) electrons. The van der Waals surface area contributed by atoms with Crippen LogP contribution in [0.25, 0.3) is 0 Å². The van der Waals surface area contributed by atoms with Gasteiger partial charge in [0.2, 0.25) is 5.91 Å². The second-order valence-corrected chi connectivity index (χ2v) is 5.88. The lowest BCUT2D eigenvalue weighted by molar-refractivity contribution is -0.120. The maximum absolute atomic E-state index is 11.8. The Balaban J connectivity index is 1.60. The number of benzene rings is 1. The number of anilines is 1. The van der Waals surface area contributed by atoms with E-state index in [1.165, 1.54) is 0 Å². The van der Waals surface area contributed by atoms with Crippen molar-refractivity contribution < 1.29 is 9.53 Å². The van der Waals surface area contributed by atoms with Crippen molar-refractivity contribution in [3.63, 3.8) is 0 Å². The molecule has 0 bridgehead atoms. The van der Waals surface area contributed by atoms with E-state index < -0.39 is 0 Å². The van der Waals surface area contributed by atoms with Crippen LogP contribution in [0.2, 0.25) is 5.02 Å². The van der Waals surface area contributed by atoms with Crippen LogP contribution in [0.15, 0.2) is 18.2 Å². The summed E-state index contributed by atoms with van der Waals surface area (Å²) in [5.74, 6) is 0.0699. The van der Waals surface area contributed by atoms with Crippen LogP contribution in [0, 0.1) is 6.92 Å². The van der Waals surface area contributed by atoms with Gasteiger partial charge in [0.1, 0.15) is 0 Å². The topological polar surface area (TPSA) is 53.6 Å². The maximum atomic E-state index is 11.8. The minimum Gasteiger partial charge on any atom is -0.384 e. The Morgan fingerprint density at radius 2 is 2.09 bits per heavy atom.